The first-order valence-corrected chi connectivity index (χ1v) is 8.53. The number of carboxylic acid groups (broad SMARTS) is 1. The topological polar surface area (TPSA) is 66.8 Å². The first-order chi connectivity index (χ1) is 12.9. The van der Waals surface area contributed by atoms with E-state index in [-0.39, 0.29) is 6.42 Å². The van der Waals surface area contributed by atoms with Crippen LogP contribution in [0.4, 0.5) is 13.6 Å². The molecule has 0 radical (unpaired) electrons. The monoisotopic (exact) mass is 375 g/mol. The van der Waals surface area contributed by atoms with Gasteiger partial charge in [-0.25, -0.2) is 18.4 Å². The summed E-state index contributed by atoms with van der Waals surface area (Å²) in [5, 5.41) is 9.49. The first kappa shape index (κ1) is 18.8. The molecule has 2 aromatic carbocycles. The molecule has 0 aromatic heterocycles. The van der Waals surface area contributed by atoms with Gasteiger partial charge in [0.1, 0.15) is 6.04 Å². The van der Waals surface area contributed by atoms with E-state index >= 15 is 0 Å². The van der Waals surface area contributed by atoms with E-state index in [1.54, 1.807) is 60.7 Å². The molecule has 1 N–H and O–H groups in total. The first-order valence-electron chi connectivity index (χ1n) is 8.53. The van der Waals surface area contributed by atoms with Gasteiger partial charge in [-0.3, -0.25) is 4.90 Å². The van der Waals surface area contributed by atoms with Crippen molar-refractivity contribution in [3.8, 4) is 0 Å². The summed E-state index contributed by atoms with van der Waals surface area (Å²) < 4.78 is 34.1. The fourth-order valence-electron chi connectivity index (χ4n) is 3.23. The number of halogens is 2. The molecule has 1 amide bonds. The fraction of sp³-hybridized carbons (Fsp3) is 0.300. The zero-order chi connectivity index (χ0) is 19.4. The minimum atomic E-state index is -3.25. The molecule has 142 valence electrons. The number of hydrogen-bond acceptors (Lipinski definition) is 3. The van der Waals surface area contributed by atoms with Crippen LogP contribution in [0.1, 0.15) is 17.5 Å². The van der Waals surface area contributed by atoms with Crippen molar-refractivity contribution < 1.29 is 28.2 Å². The lowest BCUT2D eigenvalue weighted by Gasteiger charge is -2.26. The molecule has 2 atom stereocenters. The second kappa shape index (κ2) is 7.73. The maximum Gasteiger partial charge on any atom is 0.410 e. The predicted molar refractivity (Wildman–Crippen MR) is 93.4 cm³/mol. The molecule has 0 aliphatic carbocycles. The Balaban J connectivity index is 1.75. The lowest BCUT2D eigenvalue weighted by molar-refractivity contribution is -0.144. The zero-order valence-electron chi connectivity index (χ0n) is 14.4. The Hall–Kier alpha value is -2.96. The minimum Gasteiger partial charge on any atom is -0.465 e. The fourth-order valence-corrected chi connectivity index (χ4v) is 3.23. The molecule has 1 aliphatic heterocycles. The Bertz CT molecular complexity index is 798. The molecule has 1 fully saturated rings. The van der Waals surface area contributed by atoms with E-state index in [0.29, 0.717) is 10.5 Å². The van der Waals surface area contributed by atoms with Crippen LogP contribution in [0.2, 0.25) is 0 Å². The summed E-state index contributed by atoms with van der Waals surface area (Å²) in [6.07, 6.45) is -3.95. The number of nitrogens with zero attached hydrogens (tertiary/aromatic N) is 1. The summed E-state index contributed by atoms with van der Waals surface area (Å²) in [4.78, 5) is 24.5. The maximum atomic E-state index is 14.5. The van der Waals surface area contributed by atoms with Crippen LogP contribution in [0.3, 0.4) is 0 Å². The summed E-state index contributed by atoms with van der Waals surface area (Å²) in [5.74, 6) is -4.19. The molecule has 3 rings (SSSR count). The van der Waals surface area contributed by atoms with Gasteiger partial charge >= 0.3 is 12.1 Å². The summed E-state index contributed by atoms with van der Waals surface area (Å²) in [6, 6.07) is 15.4. The van der Waals surface area contributed by atoms with Crippen LogP contribution in [0.15, 0.2) is 60.7 Å². The van der Waals surface area contributed by atoms with Crippen LogP contribution in [0.5, 0.6) is 0 Å². The van der Waals surface area contributed by atoms with Gasteiger partial charge in [0.05, 0.1) is 0 Å². The van der Waals surface area contributed by atoms with E-state index in [0.717, 1.165) is 5.56 Å². The highest BCUT2D eigenvalue weighted by molar-refractivity contribution is 5.84. The smallest absolute Gasteiger partial charge is 0.410 e. The van der Waals surface area contributed by atoms with Crippen LogP contribution in [-0.4, -0.2) is 40.3 Å². The summed E-state index contributed by atoms with van der Waals surface area (Å²) in [5.41, 5.74) is 1.16. The van der Waals surface area contributed by atoms with Gasteiger partial charge in [0.15, 0.2) is 6.23 Å². The third kappa shape index (κ3) is 4.61. The highest BCUT2D eigenvalue weighted by Gasteiger charge is 2.49. The number of cyclic esters (lactones) is 1. The van der Waals surface area contributed by atoms with E-state index in [1.165, 1.54) is 0 Å². The van der Waals surface area contributed by atoms with Crippen molar-refractivity contribution in [2.75, 3.05) is 0 Å². The van der Waals surface area contributed by atoms with E-state index in [1.807, 2.05) is 0 Å². The van der Waals surface area contributed by atoms with Crippen molar-refractivity contribution in [2.24, 2.45) is 0 Å². The van der Waals surface area contributed by atoms with Gasteiger partial charge in [-0.15, -0.1) is 0 Å². The largest absolute Gasteiger partial charge is 0.465 e. The Labute approximate surface area is 155 Å². The second-order valence-corrected chi connectivity index (χ2v) is 6.51. The highest BCUT2D eigenvalue weighted by atomic mass is 19.3. The van der Waals surface area contributed by atoms with Crippen LogP contribution < -0.4 is 0 Å². The highest BCUT2D eigenvalue weighted by Crippen LogP contribution is 2.32. The number of amides is 1. The number of rotatable bonds is 6. The molecular formula is C20H19F2NO4. The molecular weight excluding hydrogens is 356 g/mol. The van der Waals surface area contributed by atoms with Gasteiger partial charge in [0.2, 0.25) is 0 Å². The lowest BCUT2D eigenvalue weighted by atomic mass is 10.00. The van der Waals surface area contributed by atoms with Crippen molar-refractivity contribution >= 4 is 12.1 Å². The molecule has 2 unspecified atom stereocenters. The van der Waals surface area contributed by atoms with Crippen molar-refractivity contribution in [1.82, 2.24) is 4.90 Å². The maximum absolute atomic E-state index is 14.5. The number of ether oxygens (including phenoxy) is 1. The van der Waals surface area contributed by atoms with Crippen LogP contribution in [0, 0.1) is 0 Å². The summed E-state index contributed by atoms with van der Waals surface area (Å²) in [6.45, 7) is 0. The number of alkyl halides is 2. The Morgan fingerprint density at radius 1 is 1.04 bits per heavy atom. The zero-order valence-corrected chi connectivity index (χ0v) is 14.4. The van der Waals surface area contributed by atoms with Gasteiger partial charge in [0, 0.05) is 19.3 Å². The van der Waals surface area contributed by atoms with Crippen LogP contribution in [-0.2, 0) is 22.4 Å². The molecule has 27 heavy (non-hydrogen) atoms. The molecule has 7 heteroatoms. The number of benzene rings is 2. The van der Waals surface area contributed by atoms with E-state index in [2.05, 4.69) is 0 Å². The van der Waals surface area contributed by atoms with Crippen molar-refractivity contribution in [2.45, 2.75) is 37.5 Å². The van der Waals surface area contributed by atoms with Gasteiger partial charge in [-0.1, -0.05) is 60.7 Å². The van der Waals surface area contributed by atoms with Crippen molar-refractivity contribution in [3.63, 3.8) is 0 Å². The van der Waals surface area contributed by atoms with Crippen molar-refractivity contribution in [3.05, 3.63) is 71.8 Å². The van der Waals surface area contributed by atoms with Gasteiger partial charge in [-0.05, 0) is 11.1 Å². The predicted octanol–water partition coefficient (Wildman–Crippen LogP) is 3.73. The Morgan fingerprint density at radius 2 is 1.59 bits per heavy atom. The molecule has 0 bridgehead atoms. The number of carbonyl (C=O) groups excluding carboxylic acids is 1. The summed E-state index contributed by atoms with van der Waals surface area (Å²) >= 11 is 0. The molecule has 0 spiro atoms. The second-order valence-electron chi connectivity index (χ2n) is 6.51. The quantitative estimate of drug-likeness (QED) is 0.782. The molecule has 1 saturated heterocycles. The van der Waals surface area contributed by atoms with E-state index in [9.17, 15) is 23.5 Å². The third-order valence-electron chi connectivity index (χ3n) is 4.44. The molecule has 0 saturated carbocycles. The SMILES string of the molecule is O=C1OC(Cc2ccccc2)N(C(=O)O)C1CC(F)(F)Cc1ccccc1. The number of hydrogen-bond donors (Lipinski definition) is 1. The van der Waals surface area contributed by atoms with E-state index in [4.69, 9.17) is 4.74 Å². The molecule has 1 aliphatic rings. The molecule has 2 aromatic rings. The number of esters is 1. The van der Waals surface area contributed by atoms with Gasteiger partial charge in [0.25, 0.3) is 5.92 Å². The molecule has 1 heterocycles. The van der Waals surface area contributed by atoms with Gasteiger partial charge in [-0.2, -0.15) is 0 Å². The molecule has 5 nitrogen and oxygen atoms in total. The average Bonchev–Trinajstić information content (AvgIpc) is 2.91. The Kier molecular flexibility index (Phi) is 5.39. The minimum absolute atomic E-state index is 0.111. The lowest BCUT2D eigenvalue weighted by Crippen LogP contribution is -2.45. The van der Waals surface area contributed by atoms with Crippen LogP contribution in [0.25, 0.3) is 0 Å². The Morgan fingerprint density at radius 3 is 2.15 bits per heavy atom. The third-order valence-corrected chi connectivity index (χ3v) is 4.44. The van der Waals surface area contributed by atoms with E-state index < -0.39 is 43.1 Å². The number of carbonyl (C=O) groups is 2. The van der Waals surface area contributed by atoms with Crippen molar-refractivity contribution in [1.29, 1.82) is 0 Å². The summed E-state index contributed by atoms with van der Waals surface area (Å²) in [7, 11) is 0. The standard InChI is InChI=1S/C20H19F2NO4/c21-20(22,12-15-9-5-2-6-10-15)13-16-18(24)27-17(23(16)19(25)26)11-14-7-3-1-4-8-14/h1-10,16-17H,11-13H2,(H,25,26). The van der Waals surface area contributed by atoms with Gasteiger partial charge < -0.3 is 9.84 Å². The average molecular weight is 375 g/mol. The normalized spacial score (nSPS) is 19.8. The van der Waals surface area contributed by atoms with Crippen LogP contribution >= 0.6 is 0 Å².